The molecule has 23 heavy (non-hydrogen) atoms. The van der Waals surface area contributed by atoms with Gasteiger partial charge in [0.2, 0.25) is 5.65 Å². The number of anilines is 1. The first-order valence-electron chi connectivity index (χ1n) is 8.08. The summed E-state index contributed by atoms with van der Waals surface area (Å²) >= 11 is 0. The summed E-state index contributed by atoms with van der Waals surface area (Å²) in [6.45, 7) is 7.01. The lowest BCUT2D eigenvalue weighted by Crippen LogP contribution is -2.51. The van der Waals surface area contributed by atoms with Crippen molar-refractivity contribution in [3.8, 4) is 0 Å². The Morgan fingerprint density at radius 1 is 1.26 bits per heavy atom. The van der Waals surface area contributed by atoms with Crippen molar-refractivity contribution < 1.29 is 4.74 Å². The number of nitrogens with zero attached hydrogens (tertiary/aromatic N) is 6. The highest BCUT2D eigenvalue weighted by Crippen LogP contribution is 2.33. The molecular weight excluding hydrogens is 292 g/mol. The Kier molecular flexibility index (Phi) is 4.25. The molecule has 0 bridgehead atoms. The third kappa shape index (κ3) is 2.90. The fourth-order valence-corrected chi connectivity index (χ4v) is 3.55. The SMILES string of the molecule is COC1(CN(C)C)CCN(c2c(C)c(C)nn3cnnc23)CC1. The summed E-state index contributed by atoms with van der Waals surface area (Å²) in [4.78, 5) is 4.61. The minimum absolute atomic E-state index is 0.0556. The number of fused-ring (bicyclic) bond motifs is 1. The van der Waals surface area contributed by atoms with E-state index < -0.39 is 0 Å². The normalized spacial score (nSPS) is 18.1. The largest absolute Gasteiger partial charge is 0.377 e. The molecule has 126 valence electrons. The number of hydrogen-bond donors (Lipinski definition) is 0. The molecule has 0 aliphatic carbocycles. The first kappa shape index (κ1) is 16.1. The molecule has 0 unspecified atom stereocenters. The van der Waals surface area contributed by atoms with E-state index in [-0.39, 0.29) is 5.60 Å². The first-order valence-corrected chi connectivity index (χ1v) is 8.08. The predicted molar refractivity (Wildman–Crippen MR) is 90.0 cm³/mol. The Morgan fingerprint density at radius 3 is 2.57 bits per heavy atom. The zero-order valence-corrected chi connectivity index (χ0v) is 14.7. The molecule has 0 amide bonds. The van der Waals surface area contributed by atoms with Crippen molar-refractivity contribution in [3.63, 3.8) is 0 Å². The van der Waals surface area contributed by atoms with Crippen LogP contribution in [0.15, 0.2) is 6.33 Å². The maximum absolute atomic E-state index is 5.89. The van der Waals surface area contributed by atoms with Crippen molar-refractivity contribution in [1.29, 1.82) is 0 Å². The number of aromatic nitrogens is 4. The summed E-state index contributed by atoms with van der Waals surface area (Å²) in [5.74, 6) is 0. The van der Waals surface area contributed by atoms with Crippen molar-refractivity contribution in [2.24, 2.45) is 0 Å². The van der Waals surface area contributed by atoms with Crippen LogP contribution >= 0.6 is 0 Å². The van der Waals surface area contributed by atoms with Crippen LogP contribution in [0, 0.1) is 13.8 Å². The van der Waals surface area contributed by atoms with E-state index in [0.717, 1.165) is 49.5 Å². The zero-order chi connectivity index (χ0) is 16.6. The molecule has 7 heteroatoms. The molecule has 2 aromatic heterocycles. The second kappa shape index (κ2) is 6.05. The van der Waals surface area contributed by atoms with Crippen LogP contribution in [0.4, 0.5) is 5.69 Å². The highest BCUT2D eigenvalue weighted by molar-refractivity contribution is 5.72. The quantitative estimate of drug-likeness (QED) is 0.846. The van der Waals surface area contributed by atoms with Gasteiger partial charge in [-0.2, -0.15) is 9.61 Å². The van der Waals surface area contributed by atoms with Crippen LogP contribution in [0.1, 0.15) is 24.1 Å². The van der Waals surface area contributed by atoms with Gasteiger partial charge in [-0.25, -0.2) is 0 Å². The van der Waals surface area contributed by atoms with E-state index >= 15 is 0 Å². The van der Waals surface area contributed by atoms with E-state index in [1.165, 1.54) is 5.56 Å². The van der Waals surface area contributed by atoms with Crippen molar-refractivity contribution >= 4 is 11.3 Å². The lowest BCUT2D eigenvalue weighted by atomic mass is 9.90. The van der Waals surface area contributed by atoms with Gasteiger partial charge in [-0.05, 0) is 46.3 Å². The second-order valence-corrected chi connectivity index (χ2v) is 6.77. The zero-order valence-electron chi connectivity index (χ0n) is 14.7. The van der Waals surface area contributed by atoms with Gasteiger partial charge >= 0.3 is 0 Å². The van der Waals surface area contributed by atoms with Crippen LogP contribution in [0.5, 0.6) is 0 Å². The maximum atomic E-state index is 5.89. The van der Waals surface area contributed by atoms with Crippen molar-refractivity contribution in [1.82, 2.24) is 24.7 Å². The molecule has 0 saturated carbocycles. The highest BCUT2D eigenvalue weighted by atomic mass is 16.5. The summed E-state index contributed by atoms with van der Waals surface area (Å²) in [6.07, 6.45) is 3.67. The Hall–Kier alpha value is -1.73. The summed E-state index contributed by atoms with van der Waals surface area (Å²) in [7, 11) is 6.03. The van der Waals surface area contributed by atoms with Gasteiger partial charge < -0.3 is 14.5 Å². The minimum atomic E-state index is -0.0556. The number of hydrogen-bond acceptors (Lipinski definition) is 6. The van der Waals surface area contributed by atoms with Gasteiger partial charge in [-0.1, -0.05) is 0 Å². The number of piperidine rings is 1. The van der Waals surface area contributed by atoms with Crippen LogP contribution < -0.4 is 4.90 Å². The number of likely N-dealkylation sites (N-methyl/N-ethyl adjacent to an activating group) is 1. The second-order valence-electron chi connectivity index (χ2n) is 6.77. The van der Waals surface area contributed by atoms with Crippen LogP contribution in [0.3, 0.4) is 0 Å². The molecule has 1 fully saturated rings. The van der Waals surface area contributed by atoms with E-state index in [9.17, 15) is 0 Å². The average molecular weight is 318 g/mol. The monoisotopic (exact) mass is 318 g/mol. The third-order valence-electron chi connectivity index (χ3n) is 4.93. The maximum Gasteiger partial charge on any atom is 0.201 e. The molecular formula is C16H26N6O. The van der Waals surface area contributed by atoms with Crippen molar-refractivity contribution in [2.75, 3.05) is 45.7 Å². The standard InChI is InChI=1S/C16H26N6O/c1-12-13(2)19-22-11-17-18-15(22)14(12)21-8-6-16(23-5,7-9-21)10-20(3)4/h11H,6-10H2,1-5H3. The smallest absolute Gasteiger partial charge is 0.201 e. The Balaban J connectivity index is 1.88. The first-order chi connectivity index (χ1) is 11.0. The number of aryl methyl sites for hydroxylation is 1. The van der Waals surface area contributed by atoms with Gasteiger partial charge in [-0.3, -0.25) is 0 Å². The molecule has 0 atom stereocenters. The van der Waals surface area contributed by atoms with Gasteiger partial charge in [0, 0.05) is 26.7 Å². The van der Waals surface area contributed by atoms with Crippen LogP contribution in [-0.4, -0.2) is 71.2 Å². The Labute approximate surface area is 137 Å². The molecule has 2 aromatic rings. The van der Waals surface area contributed by atoms with Gasteiger partial charge in [0.15, 0.2) is 0 Å². The molecule has 0 spiro atoms. The van der Waals surface area contributed by atoms with Crippen LogP contribution in [0.25, 0.3) is 5.65 Å². The lowest BCUT2D eigenvalue weighted by Gasteiger charge is -2.43. The molecule has 3 heterocycles. The fourth-order valence-electron chi connectivity index (χ4n) is 3.55. The molecule has 3 rings (SSSR count). The topological polar surface area (TPSA) is 58.8 Å². The number of methoxy groups -OCH3 is 1. The predicted octanol–water partition coefficient (Wildman–Crippen LogP) is 1.29. The average Bonchev–Trinajstić information content (AvgIpc) is 2.97. The molecule has 0 N–H and O–H groups in total. The molecule has 1 saturated heterocycles. The van der Waals surface area contributed by atoms with Crippen LogP contribution in [0.2, 0.25) is 0 Å². The lowest BCUT2D eigenvalue weighted by molar-refractivity contribution is -0.0454. The van der Waals surface area contributed by atoms with E-state index in [1.54, 1.807) is 10.8 Å². The van der Waals surface area contributed by atoms with E-state index in [2.05, 4.69) is 46.1 Å². The molecule has 1 aliphatic heterocycles. The summed E-state index contributed by atoms with van der Waals surface area (Å²) < 4.78 is 7.66. The van der Waals surface area contributed by atoms with Gasteiger partial charge in [0.25, 0.3) is 0 Å². The van der Waals surface area contributed by atoms with Gasteiger partial charge in [0.1, 0.15) is 6.33 Å². The molecule has 0 radical (unpaired) electrons. The molecule has 0 aromatic carbocycles. The third-order valence-corrected chi connectivity index (χ3v) is 4.93. The highest BCUT2D eigenvalue weighted by Gasteiger charge is 2.36. The van der Waals surface area contributed by atoms with Crippen molar-refractivity contribution in [2.45, 2.75) is 32.3 Å². The van der Waals surface area contributed by atoms with E-state index in [1.807, 2.05) is 14.0 Å². The number of rotatable bonds is 4. The van der Waals surface area contributed by atoms with Gasteiger partial charge in [0.05, 0.1) is 17.0 Å². The van der Waals surface area contributed by atoms with Crippen molar-refractivity contribution in [3.05, 3.63) is 17.6 Å². The summed E-state index contributed by atoms with van der Waals surface area (Å²) in [5, 5.41) is 12.8. The van der Waals surface area contributed by atoms with Gasteiger partial charge in [-0.15, -0.1) is 10.2 Å². The number of ether oxygens (including phenoxy) is 1. The molecule has 1 aliphatic rings. The summed E-state index contributed by atoms with van der Waals surface area (Å²) in [5.41, 5.74) is 4.14. The van der Waals surface area contributed by atoms with Crippen LogP contribution in [-0.2, 0) is 4.74 Å². The van der Waals surface area contributed by atoms with E-state index in [0.29, 0.717) is 0 Å². The Bertz CT molecular complexity index is 687. The minimum Gasteiger partial charge on any atom is -0.377 e. The fraction of sp³-hybridized carbons (Fsp3) is 0.688. The Morgan fingerprint density at radius 2 is 1.96 bits per heavy atom. The molecule has 7 nitrogen and oxygen atoms in total. The van der Waals surface area contributed by atoms with E-state index in [4.69, 9.17) is 4.74 Å². The summed E-state index contributed by atoms with van der Waals surface area (Å²) in [6, 6.07) is 0.